The minimum Gasteiger partial charge on any atom is -0.493 e. The van der Waals surface area contributed by atoms with Crippen molar-refractivity contribution in [2.24, 2.45) is 0 Å². The van der Waals surface area contributed by atoms with Crippen LogP contribution in [0, 0.1) is 0 Å². The summed E-state index contributed by atoms with van der Waals surface area (Å²) in [6.07, 6.45) is 0.0539. The molecule has 1 rings (SSSR count). The highest BCUT2D eigenvalue weighted by molar-refractivity contribution is 6.30. The van der Waals surface area contributed by atoms with Gasteiger partial charge in [0.2, 0.25) is 5.91 Å². The Balaban J connectivity index is 2.27. The summed E-state index contributed by atoms with van der Waals surface area (Å²) in [5, 5.41) is 21.0. The molecule has 6 nitrogen and oxygen atoms in total. The molecule has 1 aromatic carbocycles. The van der Waals surface area contributed by atoms with Gasteiger partial charge in [-0.15, -0.1) is 0 Å². The zero-order valence-electron chi connectivity index (χ0n) is 10.9. The van der Waals surface area contributed by atoms with Gasteiger partial charge in [-0.2, -0.15) is 0 Å². The van der Waals surface area contributed by atoms with Crippen molar-refractivity contribution in [3.05, 3.63) is 29.3 Å². The van der Waals surface area contributed by atoms with Gasteiger partial charge in [0.05, 0.1) is 19.6 Å². The number of aliphatic hydroxyl groups is 1. The van der Waals surface area contributed by atoms with Crippen LogP contribution in [0.2, 0.25) is 5.02 Å². The summed E-state index contributed by atoms with van der Waals surface area (Å²) in [5.74, 6) is -1.21. The average molecular weight is 302 g/mol. The second-order valence-electron chi connectivity index (χ2n) is 4.41. The molecule has 0 aliphatic carbocycles. The number of amides is 1. The zero-order chi connectivity index (χ0) is 15.2. The van der Waals surface area contributed by atoms with Crippen LogP contribution in [0.15, 0.2) is 24.3 Å². The molecule has 20 heavy (non-hydrogen) atoms. The molecule has 3 N–H and O–H groups in total. The van der Waals surface area contributed by atoms with E-state index in [1.807, 2.05) is 0 Å². The highest BCUT2D eigenvalue weighted by Crippen LogP contribution is 2.15. The predicted molar refractivity (Wildman–Crippen MR) is 72.8 cm³/mol. The van der Waals surface area contributed by atoms with E-state index in [1.54, 1.807) is 24.3 Å². The number of carbonyl (C=O) groups is 2. The number of hydrogen-bond acceptors (Lipinski definition) is 4. The van der Waals surface area contributed by atoms with Crippen molar-refractivity contribution >= 4 is 23.5 Å². The van der Waals surface area contributed by atoms with Crippen LogP contribution in [0.4, 0.5) is 0 Å². The lowest BCUT2D eigenvalue weighted by Gasteiger charge is -2.18. The van der Waals surface area contributed by atoms with E-state index in [4.69, 9.17) is 21.4 Å². The highest BCUT2D eigenvalue weighted by atomic mass is 35.5. The van der Waals surface area contributed by atoms with Crippen LogP contribution in [0.3, 0.4) is 0 Å². The number of carboxylic acid groups (broad SMARTS) is 1. The Hall–Kier alpha value is -1.79. The molecule has 0 fully saturated rings. The molecule has 0 spiro atoms. The Labute approximate surface area is 121 Å². The van der Waals surface area contributed by atoms with Gasteiger partial charge in [0.1, 0.15) is 5.75 Å². The van der Waals surface area contributed by atoms with E-state index < -0.39 is 17.5 Å². The number of carbonyl (C=O) groups excluding carboxylic acids is 1. The van der Waals surface area contributed by atoms with Crippen molar-refractivity contribution in [1.29, 1.82) is 0 Å². The van der Waals surface area contributed by atoms with Gasteiger partial charge < -0.3 is 20.3 Å². The molecule has 1 atom stereocenters. The summed E-state index contributed by atoms with van der Waals surface area (Å²) < 4.78 is 5.31. The fourth-order valence-corrected chi connectivity index (χ4v) is 1.35. The van der Waals surface area contributed by atoms with Gasteiger partial charge >= 0.3 is 5.97 Å². The predicted octanol–water partition coefficient (Wildman–Crippen LogP) is 1.06. The molecule has 1 amide bonds. The summed E-state index contributed by atoms with van der Waals surface area (Å²) in [5.41, 5.74) is -1.98. The summed E-state index contributed by atoms with van der Waals surface area (Å²) >= 11 is 5.71. The number of rotatable bonds is 7. The number of benzene rings is 1. The van der Waals surface area contributed by atoms with Crippen LogP contribution in [0.5, 0.6) is 5.75 Å². The van der Waals surface area contributed by atoms with Gasteiger partial charge in [-0.05, 0) is 31.2 Å². The molecule has 7 heteroatoms. The van der Waals surface area contributed by atoms with Crippen LogP contribution >= 0.6 is 11.6 Å². The normalized spacial score (nSPS) is 13.3. The zero-order valence-corrected chi connectivity index (χ0v) is 11.7. The first-order valence-corrected chi connectivity index (χ1v) is 6.30. The van der Waals surface area contributed by atoms with Gasteiger partial charge in [-0.3, -0.25) is 4.79 Å². The van der Waals surface area contributed by atoms with E-state index >= 15 is 0 Å². The number of aliphatic carboxylic acids is 1. The number of carboxylic acids is 1. The largest absolute Gasteiger partial charge is 0.493 e. The second kappa shape index (κ2) is 7.12. The van der Waals surface area contributed by atoms with Crippen molar-refractivity contribution < 1.29 is 24.5 Å². The summed E-state index contributed by atoms with van der Waals surface area (Å²) in [4.78, 5) is 22.1. The quantitative estimate of drug-likeness (QED) is 0.700. The topological polar surface area (TPSA) is 95.9 Å². The lowest BCUT2D eigenvalue weighted by Crippen LogP contribution is -2.46. The average Bonchev–Trinajstić information content (AvgIpc) is 2.39. The Morgan fingerprint density at radius 1 is 1.35 bits per heavy atom. The molecule has 0 radical (unpaired) electrons. The van der Waals surface area contributed by atoms with E-state index in [0.717, 1.165) is 6.92 Å². The van der Waals surface area contributed by atoms with E-state index in [0.29, 0.717) is 10.8 Å². The molecule has 1 unspecified atom stereocenters. The molecule has 0 saturated carbocycles. The molecule has 0 saturated heterocycles. The van der Waals surface area contributed by atoms with Gasteiger partial charge in [0, 0.05) is 5.02 Å². The fraction of sp³-hybridized carbons (Fsp3) is 0.385. The first kappa shape index (κ1) is 16.3. The van der Waals surface area contributed by atoms with Crippen molar-refractivity contribution in [2.75, 3.05) is 13.2 Å². The Bertz CT molecular complexity index is 472. The van der Waals surface area contributed by atoms with E-state index in [9.17, 15) is 14.7 Å². The van der Waals surface area contributed by atoms with E-state index in [1.165, 1.54) is 0 Å². The molecule has 0 aliphatic rings. The third kappa shape index (κ3) is 5.46. The van der Waals surface area contributed by atoms with Crippen molar-refractivity contribution in [1.82, 2.24) is 5.32 Å². The SMILES string of the molecule is CC(O)(CNC(=O)CCOc1ccc(Cl)cc1)C(=O)O. The minimum atomic E-state index is -1.98. The Morgan fingerprint density at radius 2 is 1.95 bits per heavy atom. The van der Waals surface area contributed by atoms with Gasteiger partial charge in [-0.1, -0.05) is 11.6 Å². The monoisotopic (exact) mass is 301 g/mol. The smallest absolute Gasteiger partial charge is 0.337 e. The van der Waals surface area contributed by atoms with Crippen molar-refractivity contribution in [3.8, 4) is 5.75 Å². The molecular formula is C13H16ClNO5. The Morgan fingerprint density at radius 3 is 2.50 bits per heavy atom. The first-order valence-electron chi connectivity index (χ1n) is 5.92. The van der Waals surface area contributed by atoms with Crippen molar-refractivity contribution in [3.63, 3.8) is 0 Å². The van der Waals surface area contributed by atoms with E-state index in [-0.39, 0.29) is 19.6 Å². The number of ether oxygens (including phenoxy) is 1. The summed E-state index contributed by atoms with van der Waals surface area (Å²) in [7, 11) is 0. The molecule has 0 aromatic heterocycles. The number of nitrogens with one attached hydrogen (secondary N) is 1. The molecule has 110 valence electrons. The Kier molecular flexibility index (Phi) is 5.79. The van der Waals surface area contributed by atoms with Crippen LogP contribution in [-0.2, 0) is 9.59 Å². The molecule has 1 aromatic rings. The number of hydrogen-bond donors (Lipinski definition) is 3. The molecule has 0 bridgehead atoms. The maximum absolute atomic E-state index is 11.4. The van der Waals surface area contributed by atoms with Gasteiger partial charge in [0.25, 0.3) is 0 Å². The van der Waals surface area contributed by atoms with Crippen LogP contribution < -0.4 is 10.1 Å². The van der Waals surface area contributed by atoms with Crippen LogP contribution in [0.1, 0.15) is 13.3 Å². The van der Waals surface area contributed by atoms with Gasteiger partial charge in [-0.25, -0.2) is 4.79 Å². The van der Waals surface area contributed by atoms with Crippen LogP contribution in [0.25, 0.3) is 0 Å². The number of halogens is 1. The minimum absolute atomic E-state index is 0.0539. The van der Waals surface area contributed by atoms with E-state index in [2.05, 4.69) is 5.32 Å². The third-order valence-electron chi connectivity index (χ3n) is 2.50. The fourth-order valence-electron chi connectivity index (χ4n) is 1.23. The maximum atomic E-state index is 11.4. The standard InChI is InChI=1S/C13H16ClNO5/c1-13(19,12(17)18)8-15-11(16)6-7-20-10-4-2-9(14)3-5-10/h2-5,19H,6-8H2,1H3,(H,15,16)(H,17,18). The maximum Gasteiger partial charge on any atom is 0.337 e. The van der Waals surface area contributed by atoms with Crippen LogP contribution in [-0.4, -0.2) is 40.8 Å². The summed E-state index contributed by atoms with van der Waals surface area (Å²) in [6, 6.07) is 6.69. The van der Waals surface area contributed by atoms with Crippen molar-refractivity contribution in [2.45, 2.75) is 18.9 Å². The van der Waals surface area contributed by atoms with Gasteiger partial charge in [0.15, 0.2) is 5.60 Å². The molecule has 0 heterocycles. The molecular weight excluding hydrogens is 286 g/mol. The second-order valence-corrected chi connectivity index (χ2v) is 4.84. The first-order chi connectivity index (χ1) is 9.31. The summed E-state index contributed by atoms with van der Waals surface area (Å²) in [6.45, 7) is 0.893. The highest BCUT2D eigenvalue weighted by Gasteiger charge is 2.30. The molecule has 0 aliphatic heterocycles. The lowest BCUT2D eigenvalue weighted by atomic mass is 10.1. The third-order valence-corrected chi connectivity index (χ3v) is 2.75. The lowest BCUT2D eigenvalue weighted by molar-refractivity contribution is -0.156.